The highest BCUT2D eigenvalue weighted by Gasteiger charge is 2.25. The highest BCUT2D eigenvalue weighted by molar-refractivity contribution is 6.89. The number of rotatable bonds is 6. The average Bonchev–Trinajstić information content (AvgIpc) is 3.57. The zero-order valence-electron chi connectivity index (χ0n) is 19.0. The van der Waals surface area contributed by atoms with Gasteiger partial charge in [-0.05, 0) is 18.8 Å². The predicted octanol–water partition coefficient (Wildman–Crippen LogP) is 5.93. The van der Waals surface area contributed by atoms with Gasteiger partial charge in [0.2, 0.25) is 6.71 Å². The molecule has 0 radical (unpaired) electrons. The number of aromatic nitrogens is 2. The van der Waals surface area contributed by atoms with Gasteiger partial charge in [-0.3, -0.25) is 0 Å². The molecule has 0 atom stereocenters. The molecule has 0 aliphatic heterocycles. The second-order valence-corrected chi connectivity index (χ2v) is 8.68. The molecule has 3 aromatic carbocycles. The SMILES string of the molecule is CC(C)C=CB(c1ccccc1)c1ccccc1.c1ccc(-c2nccn2C2CC2)cc1. The zero-order valence-corrected chi connectivity index (χ0v) is 19.0. The Balaban J connectivity index is 0.000000157. The molecule has 0 saturated heterocycles. The van der Waals surface area contributed by atoms with Gasteiger partial charge in [-0.25, -0.2) is 4.98 Å². The number of allylic oxidation sites excluding steroid dienone is 1. The van der Waals surface area contributed by atoms with Crippen molar-refractivity contribution in [1.29, 1.82) is 0 Å². The van der Waals surface area contributed by atoms with Gasteiger partial charge >= 0.3 is 0 Å². The first-order valence-corrected chi connectivity index (χ1v) is 11.6. The van der Waals surface area contributed by atoms with E-state index < -0.39 is 0 Å². The van der Waals surface area contributed by atoms with Crippen LogP contribution in [0.3, 0.4) is 0 Å². The van der Waals surface area contributed by atoms with Crippen molar-refractivity contribution < 1.29 is 0 Å². The molecule has 0 unspecified atom stereocenters. The third kappa shape index (κ3) is 5.88. The fourth-order valence-corrected chi connectivity index (χ4v) is 3.84. The quantitative estimate of drug-likeness (QED) is 0.355. The van der Waals surface area contributed by atoms with Crippen LogP contribution in [0.4, 0.5) is 0 Å². The maximum atomic E-state index is 4.41. The number of imidazole rings is 1. The van der Waals surface area contributed by atoms with Crippen LogP contribution in [0, 0.1) is 5.92 Å². The summed E-state index contributed by atoms with van der Waals surface area (Å²) in [5.74, 6) is 4.00. The molecule has 1 fully saturated rings. The van der Waals surface area contributed by atoms with E-state index in [0.29, 0.717) is 18.7 Å². The van der Waals surface area contributed by atoms with Gasteiger partial charge in [-0.2, -0.15) is 0 Å². The minimum atomic E-state index is 0.356. The lowest BCUT2D eigenvalue weighted by molar-refractivity contribution is 0.750. The number of hydrogen-bond acceptors (Lipinski definition) is 1. The Kier molecular flexibility index (Phi) is 7.40. The van der Waals surface area contributed by atoms with E-state index in [2.05, 4.69) is 127 Å². The summed E-state index contributed by atoms with van der Waals surface area (Å²) < 4.78 is 2.29. The Labute approximate surface area is 192 Å². The van der Waals surface area contributed by atoms with Gasteiger partial charge in [0.1, 0.15) is 5.82 Å². The molecule has 0 amide bonds. The Bertz CT molecular complexity index is 1060. The average molecular weight is 418 g/mol. The summed E-state index contributed by atoms with van der Waals surface area (Å²) in [5, 5.41) is 0. The number of nitrogens with zero attached hydrogens (tertiary/aromatic N) is 2. The highest BCUT2D eigenvalue weighted by Crippen LogP contribution is 2.37. The van der Waals surface area contributed by atoms with Gasteiger partial charge in [0, 0.05) is 24.0 Å². The van der Waals surface area contributed by atoms with Crippen LogP contribution in [0.15, 0.2) is 115 Å². The van der Waals surface area contributed by atoms with Crippen molar-refractivity contribution in [2.75, 3.05) is 0 Å². The molecular weight excluding hydrogens is 387 g/mol. The number of benzene rings is 3. The summed E-state index contributed by atoms with van der Waals surface area (Å²) in [6.07, 6.45) is 8.86. The zero-order chi connectivity index (χ0) is 22.2. The van der Waals surface area contributed by atoms with E-state index in [-0.39, 0.29) is 0 Å². The fourth-order valence-electron chi connectivity index (χ4n) is 3.84. The normalized spacial score (nSPS) is 13.1. The molecule has 0 N–H and O–H groups in total. The van der Waals surface area contributed by atoms with E-state index in [1.165, 1.54) is 29.3 Å². The van der Waals surface area contributed by atoms with Gasteiger partial charge < -0.3 is 4.57 Å². The van der Waals surface area contributed by atoms with Crippen molar-refractivity contribution in [3.05, 3.63) is 115 Å². The van der Waals surface area contributed by atoms with Gasteiger partial charge in [-0.15, -0.1) is 5.98 Å². The molecule has 0 bridgehead atoms. The Morgan fingerprint density at radius 2 is 1.34 bits per heavy atom. The summed E-state index contributed by atoms with van der Waals surface area (Å²) in [4.78, 5) is 4.41. The lowest BCUT2D eigenvalue weighted by Crippen LogP contribution is -2.40. The van der Waals surface area contributed by atoms with Crippen molar-refractivity contribution >= 4 is 17.6 Å². The first-order valence-electron chi connectivity index (χ1n) is 11.6. The van der Waals surface area contributed by atoms with Crippen LogP contribution in [0.2, 0.25) is 0 Å². The standard InChI is InChI=1S/C17H19B.C12H12N2/c1-15(2)13-14-18(16-9-5-3-6-10-16)17-11-7-4-8-12-17;1-2-4-10(5-3-1)12-13-8-9-14(12)11-6-7-11/h3-15H,1-2H3;1-5,8-9,11H,6-7H2. The molecule has 5 rings (SSSR count). The molecular formula is C29H31BN2. The third-order valence-electron chi connectivity index (χ3n) is 5.65. The first kappa shape index (κ1) is 21.9. The van der Waals surface area contributed by atoms with Gasteiger partial charge in [0.15, 0.2) is 0 Å². The molecule has 32 heavy (non-hydrogen) atoms. The summed E-state index contributed by atoms with van der Waals surface area (Å²) in [5.41, 5.74) is 3.91. The van der Waals surface area contributed by atoms with Crippen molar-refractivity contribution in [2.24, 2.45) is 5.92 Å². The first-order chi connectivity index (χ1) is 15.7. The lowest BCUT2D eigenvalue weighted by atomic mass is 9.40. The molecule has 160 valence electrons. The lowest BCUT2D eigenvalue weighted by Gasteiger charge is -2.10. The molecule has 1 saturated carbocycles. The molecule has 0 spiro atoms. The van der Waals surface area contributed by atoms with E-state index >= 15 is 0 Å². The van der Waals surface area contributed by atoms with E-state index in [1.807, 2.05) is 12.3 Å². The predicted molar refractivity (Wildman–Crippen MR) is 138 cm³/mol. The molecule has 1 aromatic heterocycles. The Hall–Kier alpha value is -3.33. The van der Waals surface area contributed by atoms with Crippen LogP contribution in [0.25, 0.3) is 11.4 Å². The molecule has 1 aliphatic carbocycles. The summed E-state index contributed by atoms with van der Waals surface area (Å²) in [6, 6.07) is 32.4. The smallest absolute Gasteiger partial charge is 0.233 e. The van der Waals surface area contributed by atoms with Crippen LogP contribution in [-0.4, -0.2) is 16.3 Å². The van der Waals surface area contributed by atoms with Crippen molar-refractivity contribution in [2.45, 2.75) is 32.7 Å². The van der Waals surface area contributed by atoms with E-state index in [4.69, 9.17) is 0 Å². The van der Waals surface area contributed by atoms with Gasteiger partial charge in [-0.1, -0.05) is 122 Å². The van der Waals surface area contributed by atoms with E-state index in [1.54, 1.807) is 0 Å². The minimum Gasteiger partial charge on any atom is -0.328 e. The molecule has 3 heteroatoms. The molecule has 1 aliphatic rings. The third-order valence-corrected chi connectivity index (χ3v) is 5.65. The second kappa shape index (κ2) is 10.8. The van der Waals surface area contributed by atoms with Gasteiger partial charge in [0.25, 0.3) is 0 Å². The van der Waals surface area contributed by atoms with E-state index in [0.717, 1.165) is 5.82 Å². The Morgan fingerprint density at radius 3 is 1.84 bits per heavy atom. The van der Waals surface area contributed by atoms with Crippen LogP contribution in [0.1, 0.15) is 32.7 Å². The topological polar surface area (TPSA) is 17.8 Å². The van der Waals surface area contributed by atoms with Gasteiger partial charge in [0.05, 0.1) is 0 Å². The minimum absolute atomic E-state index is 0.356. The van der Waals surface area contributed by atoms with Crippen molar-refractivity contribution in [3.63, 3.8) is 0 Å². The van der Waals surface area contributed by atoms with Crippen LogP contribution in [-0.2, 0) is 0 Å². The highest BCUT2D eigenvalue weighted by atomic mass is 15.1. The summed E-state index contributed by atoms with van der Waals surface area (Å²) in [6.45, 7) is 4.78. The largest absolute Gasteiger partial charge is 0.328 e. The maximum Gasteiger partial charge on any atom is 0.233 e. The summed E-state index contributed by atoms with van der Waals surface area (Å²) in [7, 11) is 0. The molecule has 2 nitrogen and oxygen atoms in total. The summed E-state index contributed by atoms with van der Waals surface area (Å²) >= 11 is 0. The number of hydrogen-bond donors (Lipinski definition) is 0. The van der Waals surface area contributed by atoms with Crippen molar-refractivity contribution in [3.8, 4) is 11.4 Å². The maximum absolute atomic E-state index is 4.41. The van der Waals surface area contributed by atoms with Crippen LogP contribution >= 0.6 is 0 Å². The monoisotopic (exact) mass is 418 g/mol. The molecule has 4 aromatic rings. The second-order valence-electron chi connectivity index (χ2n) is 8.68. The van der Waals surface area contributed by atoms with Crippen LogP contribution in [0.5, 0.6) is 0 Å². The van der Waals surface area contributed by atoms with Crippen LogP contribution < -0.4 is 10.9 Å². The fraction of sp³-hybridized carbons (Fsp3) is 0.207. The molecule has 1 heterocycles. The Morgan fingerprint density at radius 1 is 0.812 bits per heavy atom. The van der Waals surface area contributed by atoms with E-state index in [9.17, 15) is 0 Å². The van der Waals surface area contributed by atoms with Crippen molar-refractivity contribution in [1.82, 2.24) is 9.55 Å².